The zero-order valence-electron chi connectivity index (χ0n) is 36.6. The number of nitrogens with two attached hydrogens (primary N) is 1. The van der Waals surface area contributed by atoms with Crippen molar-refractivity contribution in [3.63, 3.8) is 0 Å². The Morgan fingerprint density at radius 1 is 0.592 bits per heavy atom. The zero-order valence-corrected chi connectivity index (χ0v) is 49.5. The van der Waals surface area contributed by atoms with Gasteiger partial charge in [-0.05, 0) is 66.7 Å². The third kappa shape index (κ3) is 20.8. The Labute approximate surface area is 498 Å². The van der Waals surface area contributed by atoms with Gasteiger partial charge in [0, 0.05) is 17.4 Å². The topological polar surface area (TPSA) is 443 Å². The van der Waals surface area contributed by atoms with Crippen LogP contribution in [0.2, 0.25) is 0 Å². The van der Waals surface area contributed by atoms with E-state index in [1.54, 1.807) is 0 Å². The van der Waals surface area contributed by atoms with Gasteiger partial charge in [-0.15, -0.1) is 29.1 Å². The molecule has 0 bridgehead atoms. The molecule has 0 unspecified atom stereocenters. The molecule has 29 nitrogen and oxygen atoms in total. The van der Waals surface area contributed by atoms with Crippen LogP contribution in [0.5, 0.6) is 5.75 Å². The molecule has 0 amide bonds. The summed E-state index contributed by atoms with van der Waals surface area (Å²) in [4.78, 5) is 8.25. The van der Waals surface area contributed by atoms with E-state index in [0.717, 1.165) is 42.5 Å². The van der Waals surface area contributed by atoms with Crippen LogP contribution in [0, 0.1) is 6.08 Å². The third-order valence-corrected chi connectivity index (χ3v) is 13.7. The fourth-order valence-electron chi connectivity index (χ4n) is 4.94. The van der Waals surface area contributed by atoms with Gasteiger partial charge in [0.1, 0.15) is 48.7 Å². The first-order chi connectivity index (χ1) is 31.6. The van der Waals surface area contributed by atoms with Gasteiger partial charge in [0.2, 0.25) is 11.9 Å². The SMILES string of the molecule is Nc1cc(O)c(N=Nc2ccc(S(=O)(=O)CCOSOO[O-])cc2S(=O)(=O)[O-])cc1N=Nc1cc(Nc2nc(F)nc(Nc3ccc(S(=O)(=O)CCOSOO[O-])cc3)n2)ccc1S(=O)(=O)[O-].[Na+].[Na+].[Na+].[Na+]. The van der Waals surface area contributed by atoms with Gasteiger partial charge in [0.25, 0.3) is 0 Å². The summed E-state index contributed by atoms with van der Waals surface area (Å²) in [5.74, 6) is -2.81. The van der Waals surface area contributed by atoms with Gasteiger partial charge in [-0.3, -0.25) is 18.4 Å². The molecule has 0 fully saturated rings. The number of benzene rings is 4. The minimum absolute atomic E-state index is 0. The van der Waals surface area contributed by atoms with Gasteiger partial charge in [-0.2, -0.15) is 19.3 Å². The number of phenolic OH excluding ortho intramolecular Hbond substituents is 1. The van der Waals surface area contributed by atoms with Crippen LogP contribution in [-0.4, -0.2) is 87.6 Å². The van der Waals surface area contributed by atoms with Crippen molar-refractivity contribution in [1.29, 1.82) is 0 Å². The maximum atomic E-state index is 14.6. The van der Waals surface area contributed by atoms with Gasteiger partial charge in [-0.25, -0.2) is 33.7 Å². The van der Waals surface area contributed by atoms with Crippen LogP contribution in [0.3, 0.4) is 0 Å². The summed E-state index contributed by atoms with van der Waals surface area (Å²) in [5.41, 5.74) is 3.59. The van der Waals surface area contributed by atoms with E-state index in [4.69, 9.17) is 9.92 Å². The molecule has 0 aliphatic carbocycles. The molecule has 40 heteroatoms. The van der Waals surface area contributed by atoms with E-state index in [0.29, 0.717) is 6.07 Å². The molecule has 0 saturated heterocycles. The van der Waals surface area contributed by atoms with Gasteiger partial charge in [-0.1, -0.05) is 0 Å². The molecule has 0 radical (unpaired) electrons. The number of sulfone groups is 2. The molecule has 0 atom stereocenters. The van der Waals surface area contributed by atoms with Crippen molar-refractivity contribution in [2.24, 2.45) is 20.5 Å². The van der Waals surface area contributed by atoms with Crippen LogP contribution < -0.4 is 145 Å². The second-order valence-electron chi connectivity index (χ2n) is 12.2. The maximum Gasteiger partial charge on any atom is 1.00 e. The second-order valence-corrected chi connectivity index (χ2v) is 20.2. The summed E-state index contributed by atoms with van der Waals surface area (Å²) in [6, 6.07) is 11.9. The summed E-state index contributed by atoms with van der Waals surface area (Å²) in [6.45, 7) is -0.925. The van der Waals surface area contributed by atoms with Crippen molar-refractivity contribution in [2.45, 2.75) is 19.6 Å². The minimum atomic E-state index is -5.42. The van der Waals surface area contributed by atoms with Crippen LogP contribution in [0.25, 0.3) is 0 Å². The molecule has 0 aliphatic rings. The Morgan fingerprint density at radius 3 is 1.62 bits per heavy atom. The number of nitrogen functional groups attached to an aromatic ring is 1. The van der Waals surface area contributed by atoms with Crippen molar-refractivity contribution in [2.75, 3.05) is 41.1 Å². The molecular weight excluding hydrogens is 1120 g/mol. The molecule has 0 saturated carbocycles. The summed E-state index contributed by atoms with van der Waals surface area (Å²) in [7, 11) is -18.8. The van der Waals surface area contributed by atoms with Crippen molar-refractivity contribution in [3.05, 3.63) is 78.9 Å². The molecule has 5 aromatic rings. The predicted octanol–water partition coefficient (Wildman–Crippen LogP) is -9.41. The second kappa shape index (κ2) is 30.8. The molecule has 71 heavy (non-hydrogen) atoms. The van der Waals surface area contributed by atoms with E-state index in [1.165, 1.54) is 24.3 Å². The number of nitrogens with zero attached hydrogens (tertiary/aromatic N) is 7. The number of azo groups is 2. The molecule has 1 aromatic heterocycles. The van der Waals surface area contributed by atoms with E-state index in [2.05, 4.69) is 69.0 Å². The fraction of sp³-hybridized carbons (Fsp3) is 0.129. The third-order valence-electron chi connectivity index (χ3n) is 7.85. The number of rotatable bonds is 24. The largest absolute Gasteiger partial charge is 1.00 e. The number of hydrogen-bond acceptors (Lipinski definition) is 31. The number of anilines is 5. The summed E-state index contributed by atoms with van der Waals surface area (Å²) in [5, 5.41) is 56.4. The van der Waals surface area contributed by atoms with Gasteiger partial charge >= 0.3 is 124 Å². The molecule has 1 heterocycles. The number of aromatic nitrogens is 3. The molecule has 360 valence electrons. The average molecular weight is 1140 g/mol. The quantitative estimate of drug-likeness (QED) is 0.00651. The van der Waals surface area contributed by atoms with Crippen molar-refractivity contribution < 1.29 is 208 Å². The first-order valence-corrected chi connectivity index (χ1v) is 24.7. The summed E-state index contributed by atoms with van der Waals surface area (Å²) in [6.07, 6.45) is -1.31. The fourth-order valence-corrected chi connectivity index (χ4v) is 9.08. The Hall–Kier alpha value is -1.68. The van der Waals surface area contributed by atoms with Crippen LogP contribution in [0.1, 0.15) is 0 Å². The Balaban J connectivity index is 0.00000630. The molecule has 4 aromatic carbocycles. The van der Waals surface area contributed by atoms with E-state index < -0.39 is 108 Å². The zero-order chi connectivity index (χ0) is 49.0. The number of halogens is 1. The molecular formula is C31H25FN10Na4O19S6. The van der Waals surface area contributed by atoms with E-state index in [9.17, 15) is 62.8 Å². The van der Waals surface area contributed by atoms with Crippen molar-refractivity contribution in [1.82, 2.24) is 15.0 Å². The number of phenols is 1. The monoisotopic (exact) mass is 1140 g/mol. The summed E-state index contributed by atoms with van der Waals surface area (Å²) >= 11 is 0.162. The van der Waals surface area contributed by atoms with Crippen LogP contribution in [0.4, 0.5) is 56.1 Å². The molecule has 0 aliphatic heterocycles. The van der Waals surface area contributed by atoms with Gasteiger partial charge in [0.15, 0.2) is 44.3 Å². The standard InChI is InChI=1S/C31H29FN10O19S6.4Na/c32-29-36-30(34-17-1-4-19(5-2-17)64(46,47)11-9-56-62-60-58-44)38-31(37-29)35-18-3-8-27(66(50,51)52)25(13-18)42-40-23-16-24(26(43)15-21(23)33)41-39-22-7-6-20(14-28(22)67(53,54)55)65(48,49)12-10-57-63-61-59-45;;;;/h1-8,13-16,43-45H,9-12,33H2,(H,50,51,52)(H,53,54,55)(H2,34,35,36,37,38);;;;/q;4*+1/p-4. The van der Waals surface area contributed by atoms with Crippen molar-refractivity contribution in [3.8, 4) is 5.75 Å². The first-order valence-electron chi connectivity index (χ1n) is 17.3. The van der Waals surface area contributed by atoms with Gasteiger partial charge in [0.05, 0.1) is 50.0 Å². The Kier molecular flexibility index (Phi) is 29.2. The van der Waals surface area contributed by atoms with E-state index >= 15 is 0 Å². The Bertz CT molecular complexity index is 3130. The van der Waals surface area contributed by atoms with Crippen LogP contribution in [0.15, 0.2) is 113 Å². The number of hydrogen-bond donors (Lipinski definition) is 4. The number of nitrogens with one attached hydrogen (secondary N) is 2. The number of aromatic hydroxyl groups is 1. The van der Waals surface area contributed by atoms with E-state index in [1.807, 2.05) is 0 Å². The molecule has 5 N–H and O–H groups in total. The molecule has 5 rings (SSSR count). The molecule has 0 spiro atoms. The first kappa shape index (κ1) is 67.3. The van der Waals surface area contributed by atoms with Crippen molar-refractivity contribution >= 4 is 116 Å². The average Bonchev–Trinajstić information content (AvgIpc) is 3.25. The Morgan fingerprint density at radius 2 is 1.07 bits per heavy atom. The van der Waals surface area contributed by atoms with Gasteiger partial charge < -0.3 is 41.1 Å². The minimum Gasteiger partial charge on any atom is -0.744 e. The normalized spacial score (nSPS) is 11.8. The maximum absolute atomic E-state index is 14.6. The summed E-state index contributed by atoms with van der Waals surface area (Å²) < 4.78 is 155. The van der Waals surface area contributed by atoms with Crippen LogP contribution >= 0.6 is 24.6 Å². The smallest absolute Gasteiger partial charge is 0.744 e. The predicted molar refractivity (Wildman–Crippen MR) is 218 cm³/mol. The van der Waals surface area contributed by atoms with Crippen LogP contribution in [-0.2, 0) is 67.0 Å². The van der Waals surface area contributed by atoms with E-state index in [-0.39, 0.29) is 183 Å².